The minimum Gasteiger partial charge on any atom is -0.506 e. The molecule has 0 aromatic heterocycles. The van der Waals surface area contributed by atoms with Crippen LogP contribution in [-0.2, 0) is 15.6 Å². The van der Waals surface area contributed by atoms with Crippen LogP contribution in [0.5, 0.6) is 0 Å². The Kier molecular flexibility index (Phi) is 8.95. The van der Waals surface area contributed by atoms with Crippen LogP contribution in [0.25, 0.3) is 11.1 Å². The van der Waals surface area contributed by atoms with E-state index in [4.69, 9.17) is 0 Å². The topological polar surface area (TPSA) is 102 Å². The number of carbonyl (C=O) groups is 3. The zero-order valence-corrected chi connectivity index (χ0v) is 33.0. The van der Waals surface area contributed by atoms with Crippen molar-refractivity contribution in [3.05, 3.63) is 129 Å². The van der Waals surface area contributed by atoms with Crippen LogP contribution in [0.2, 0.25) is 0 Å². The Balaban J connectivity index is 1.47. The Hall–Kier alpha value is -5.50. The molecule has 0 saturated heterocycles. The summed E-state index contributed by atoms with van der Waals surface area (Å²) in [5.74, 6) is -1.15. The Bertz CT molecular complexity index is 2390. The molecule has 3 N–H and O–H groups in total. The average molecular weight is 724 g/mol. The number of benzene rings is 4. The van der Waals surface area contributed by atoms with Crippen molar-refractivity contribution in [1.29, 1.82) is 0 Å². The molecule has 54 heavy (non-hydrogen) atoms. The molecule has 0 saturated carbocycles. The molecule has 2 heterocycles. The van der Waals surface area contributed by atoms with Gasteiger partial charge in [-0.25, -0.2) is 4.58 Å². The first-order chi connectivity index (χ1) is 25.5. The van der Waals surface area contributed by atoms with Gasteiger partial charge in [0.25, 0.3) is 11.8 Å². The van der Waals surface area contributed by atoms with E-state index in [9.17, 15) is 19.5 Å². The highest BCUT2D eigenvalue weighted by Crippen LogP contribution is 2.51. The Labute approximate surface area is 317 Å². The van der Waals surface area contributed by atoms with E-state index >= 15 is 0 Å². The van der Waals surface area contributed by atoms with Gasteiger partial charge in [-0.05, 0) is 103 Å². The monoisotopic (exact) mass is 723 g/mol. The fourth-order valence-electron chi connectivity index (χ4n) is 8.74. The van der Waals surface area contributed by atoms with Gasteiger partial charge in [-0.1, -0.05) is 50.2 Å². The number of aliphatic hydroxyl groups excluding tert-OH is 1. The van der Waals surface area contributed by atoms with Gasteiger partial charge in [-0.2, -0.15) is 0 Å². The number of fused-ring (bicyclic) bond motifs is 2. The van der Waals surface area contributed by atoms with Crippen LogP contribution in [0.4, 0.5) is 17.1 Å². The number of anilines is 3. The largest absolute Gasteiger partial charge is 0.506 e. The van der Waals surface area contributed by atoms with Crippen molar-refractivity contribution in [2.45, 2.75) is 104 Å². The van der Waals surface area contributed by atoms with Crippen LogP contribution in [0.1, 0.15) is 107 Å². The van der Waals surface area contributed by atoms with Crippen molar-refractivity contribution in [2.75, 3.05) is 15.5 Å². The summed E-state index contributed by atoms with van der Waals surface area (Å²) in [6.07, 6.45) is 0. The molecule has 2 unspecified atom stereocenters. The lowest BCUT2D eigenvalue weighted by Gasteiger charge is -2.34. The van der Waals surface area contributed by atoms with Crippen molar-refractivity contribution in [2.24, 2.45) is 0 Å². The minimum absolute atomic E-state index is 0.139. The smallest absolute Gasteiger partial charge is 0.255 e. The van der Waals surface area contributed by atoms with E-state index < -0.39 is 0 Å². The molecule has 8 heteroatoms. The van der Waals surface area contributed by atoms with E-state index in [-0.39, 0.29) is 69.5 Å². The maximum atomic E-state index is 14.7. The van der Waals surface area contributed by atoms with Crippen molar-refractivity contribution >= 4 is 45.8 Å². The highest BCUT2D eigenvalue weighted by molar-refractivity contribution is 6.52. The number of carbonyl (C=O) groups excluding carboxylic acids is 3. The highest BCUT2D eigenvalue weighted by Gasteiger charge is 2.48. The number of hydrogen-bond acceptors (Lipinski definition) is 5. The van der Waals surface area contributed by atoms with Gasteiger partial charge in [0.1, 0.15) is 11.8 Å². The lowest BCUT2D eigenvalue weighted by Crippen LogP contribution is -2.42. The Morgan fingerprint density at radius 1 is 0.741 bits per heavy atom. The van der Waals surface area contributed by atoms with Crippen LogP contribution in [0, 0.1) is 0 Å². The first-order valence-electron chi connectivity index (χ1n) is 19.0. The second-order valence-corrected chi connectivity index (χ2v) is 16.7. The fourth-order valence-corrected chi connectivity index (χ4v) is 8.74. The normalized spacial score (nSPS) is 20.6. The number of nitrogens with zero attached hydrogens (tertiary/aromatic N) is 2. The lowest BCUT2D eigenvalue weighted by atomic mass is 9.76. The molecule has 3 aliphatic rings. The molecular formula is C46H51N4O4+. The van der Waals surface area contributed by atoms with Gasteiger partial charge in [0.15, 0.2) is 6.04 Å². The van der Waals surface area contributed by atoms with Gasteiger partial charge in [0.2, 0.25) is 11.1 Å². The number of Topliss-reactive ketones (excluding diaryl/α,β-unsaturated/α-hetero) is 1. The number of rotatable bonds is 7. The molecule has 0 fully saturated rings. The summed E-state index contributed by atoms with van der Waals surface area (Å²) in [5.41, 5.74) is 5.08. The van der Waals surface area contributed by atoms with Gasteiger partial charge in [0, 0.05) is 56.7 Å². The predicted octanol–water partition coefficient (Wildman–Crippen LogP) is 7.37. The molecule has 2 atom stereocenters. The quantitative estimate of drug-likeness (QED) is 0.173. The van der Waals surface area contributed by atoms with E-state index in [1.54, 1.807) is 48.5 Å². The molecule has 7 rings (SSSR count). The number of nitrogens with one attached hydrogen (secondary N) is 2. The van der Waals surface area contributed by atoms with Gasteiger partial charge in [-0.3, -0.25) is 14.4 Å². The van der Waals surface area contributed by atoms with Crippen molar-refractivity contribution in [3.63, 3.8) is 0 Å². The van der Waals surface area contributed by atoms with Crippen LogP contribution in [-0.4, -0.2) is 46.9 Å². The molecule has 0 spiro atoms. The van der Waals surface area contributed by atoms with E-state index in [1.165, 1.54) is 0 Å². The molecular weight excluding hydrogens is 673 g/mol. The fraction of sp³-hybridized carbons (Fsp3) is 0.348. The summed E-state index contributed by atoms with van der Waals surface area (Å²) < 4.78 is 2.35. The van der Waals surface area contributed by atoms with Gasteiger partial charge < -0.3 is 20.6 Å². The molecule has 278 valence electrons. The maximum absolute atomic E-state index is 14.7. The molecule has 1 aliphatic carbocycles. The third-order valence-electron chi connectivity index (χ3n) is 12.3. The summed E-state index contributed by atoms with van der Waals surface area (Å²) in [6.45, 7) is 21.7. The van der Waals surface area contributed by atoms with Gasteiger partial charge in [-0.15, -0.1) is 0 Å². The third-order valence-corrected chi connectivity index (χ3v) is 12.3. The molecule has 4 aromatic carbocycles. The zero-order chi connectivity index (χ0) is 39.0. The Morgan fingerprint density at radius 2 is 1.30 bits per heavy atom. The molecule has 4 aromatic rings. The SMILES string of the molecule is CC(C)N1c2cc(NC(=O)c3ccccc3)c(C3=C(O)/C(=c4/cc5c(cc4NC(=O)c4ccccc4)=[N+](C(C)C)C(C)C5(C)C)C3=O)cc2C(C)(C)C1C. The summed E-state index contributed by atoms with van der Waals surface area (Å²) in [5, 5.41) is 19.7. The van der Waals surface area contributed by atoms with E-state index in [2.05, 4.69) is 89.3 Å². The van der Waals surface area contributed by atoms with Gasteiger partial charge in [0.05, 0.1) is 27.9 Å². The molecule has 8 nitrogen and oxygen atoms in total. The van der Waals surface area contributed by atoms with Crippen molar-refractivity contribution in [3.8, 4) is 0 Å². The number of hydrogen-bond donors (Lipinski definition) is 3. The summed E-state index contributed by atoms with van der Waals surface area (Å²) in [7, 11) is 0. The molecule has 2 amide bonds. The lowest BCUT2D eigenvalue weighted by molar-refractivity contribution is -0.109. The van der Waals surface area contributed by atoms with E-state index in [1.807, 2.05) is 36.4 Å². The minimum atomic E-state index is -0.355. The third kappa shape index (κ3) is 5.65. The van der Waals surface area contributed by atoms with Crippen molar-refractivity contribution < 1.29 is 19.5 Å². The van der Waals surface area contributed by atoms with Crippen LogP contribution < -0.4 is 30.7 Å². The van der Waals surface area contributed by atoms with E-state index in [0.717, 1.165) is 22.2 Å². The molecule has 0 bridgehead atoms. The van der Waals surface area contributed by atoms with E-state index in [0.29, 0.717) is 33.3 Å². The van der Waals surface area contributed by atoms with Crippen LogP contribution in [0.3, 0.4) is 0 Å². The van der Waals surface area contributed by atoms with Crippen LogP contribution >= 0.6 is 0 Å². The summed E-state index contributed by atoms with van der Waals surface area (Å²) >= 11 is 0. The summed E-state index contributed by atoms with van der Waals surface area (Å²) in [4.78, 5) is 44.3. The van der Waals surface area contributed by atoms with Crippen LogP contribution in [0.15, 0.2) is 90.7 Å². The first-order valence-corrected chi connectivity index (χ1v) is 19.0. The second-order valence-electron chi connectivity index (χ2n) is 16.7. The van der Waals surface area contributed by atoms with Crippen molar-refractivity contribution in [1.82, 2.24) is 4.58 Å². The number of ketones is 1. The van der Waals surface area contributed by atoms with Gasteiger partial charge >= 0.3 is 0 Å². The second kappa shape index (κ2) is 13.1. The first kappa shape index (κ1) is 36.8. The Morgan fingerprint density at radius 3 is 1.81 bits per heavy atom. The zero-order valence-electron chi connectivity index (χ0n) is 33.0. The maximum Gasteiger partial charge on any atom is 0.255 e. The molecule has 2 aliphatic heterocycles. The predicted molar refractivity (Wildman–Crippen MR) is 218 cm³/mol. The highest BCUT2D eigenvalue weighted by atomic mass is 16.3. The summed E-state index contributed by atoms with van der Waals surface area (Å²) in [6, 6.07) is 26.4. The standard InChI is InChI=1S/C46H50N4O4/c1-25(2)49-27(5)45(7,8)33-21-31(35(23-37(33)49)47-43(53)29-17-13-11-14-18-29)39-41(51)40(42(39)52)32-22-34-38(50(26(3)4)28(6)46(34,9)10)24-36(32)48-44(54)30-19-15-12-16-20-30/h11-28H,1-10H3,(H2,47,48,51,52,53,54)/p+1. The molecule has 0 radical (unpaired) electrons. The number of allylic oxidation sites excluding steroid dienone is 2. The number of aliphatic hydroxyl groups is 1. The number of amides is 2. The average Bonchev–Trinajstić information content (AvgIpc) is 3.45.